The summed E-state index contributed by atoms with van der Waals surface area (Å²) in [4.78, 5) is 4.19. The highest BCUT2D eigenvalue weighted by Gasteiger charge is 2.27. The molecule has 1 aromatic heterocycles. The van der Waals surface area contributed by atoms with E-state index in [1.165, 1.54) is 6.33 Å². The van der Waals surface area contributed by atoms with Gasteiger partial charge in [0.1, 0.15) is 12.2 Å². The molecule has 0 aliphatic heterocycles. The zero-order chi connectivity index (χ0) is 12.2. The van der Waals surface area contributed by atoms with Gasteiger partial charge in [0.2, 0.25) is 0 Å². The summed E-state index contributed by atoms with van der Waals surface area (Å²) in [5.74, 6) is 0.802. The van der Waals surface area contributed by atoms with Gasteiger partial charge in [0, 0.05) is 19.0 Å². The van der Waals surface area contributed by atoms with Crippen LogP contribution in [0.1, 0.15) is 45.5 Å². The Bertz CT molecular complexity index is 324. The van der Waals surface area contributed by atoms with Crippen LogP contribution in [0, 0.1) is 0 Å². The lowest BCUT2D eigenvalue weighted by atomic mass is 9.94. The van der Waals surface area contributed by atoms with Gasteiger partial charge in [-0.15, -0.1) is 0 Å². The molecule has 0 saturated heterocycles. The molecule has 92 valence electrons. The lowest BCUT2D eigenvalue weighted by Gasteiger charge is -2.26. The van der Waals surface area contributed by atoms with Crippen molar-refractivity contribution in [3.05, 3.63) is 12.2 Å². The third kappa shape index (κ3) is 3.02. The number of rotatable bonds is 6. The first kappa shape index (κ1) is 13.1. The normalized spacial score (nSPS) is 15.4. The minimum absolute atomic E-state index is 0.251. The zero-order valence-electron chi connectivity index (χ0n) is 10.3. The first-order valence-electron chi connectivity index (χ1n) is 5.83. The number of hydrogen-bond donors (Lipinski definition) is 2. The van der Waals surface area contributed by atoms with E-state index in [1.807, 2.05) is 25.5 Å². The maximum absolute atomic E-state index is 10.3. The van der Waals surface area contributed by atoms with Crippen LogP contribution in [0.4, 0.5) is 0 Å². The number of nitrogens with two attached hydrogens (primary N) is 1. The van der Waals surface area contributed by atoms with Crippen LogP contribution >= 0.6 is 0 Å². The molecule has 0 radical (unpaired) electrons. The van der Waals surface area contributed by atoms with Crippen LogP contribution in [0.25, 0.3) is 0 Å². The number of aliphatic hydroxyl groups is 1. The SMILES string of the molecule is CCCC(O)(CN)Cc1ncnn1C(C)C. The standard InChI is InChI=1S/C11H22N4O/c1-4-5-11(16,7-12)6-10-13-8-14-15(10)9(2)3/h8-9,16H,4-7,12H2,1-3H3. The van der Waals surface area contributed by atoms with Gasteiger partial charge in [0.05, 0.1) is 5.60 Å². The molecule has 0 saturated carbocycles. The van der Waals surface area contributed by atoms with E-state index in [2.05, 4.69) is 10.1 Å². The van der Waals surface area contributed by atoms with E-state index in [4.69, 9.17) is 5.73 Å². The molecule has 16 heavy (non-hydrogen) atoms. The van der Waals surface area contributed by atoms with Gasteiger partial charge in [0.25, 0.3) is 0 Å². The largest absolute Gasteiger partial charge is 0.388 e. The molecule has 0 bridgehead atoms. The van der Waals surface area contributed by atoms with Gasteiger partial charge in [-0.2, -0.15) is 5.10 Å². The Hall–Kier alpha value is -0.940. The van der Waals surface area contributed by atoms with Crippen LogP contribution in [0.2, 0.25) is 0 Å². The fraction of sp³-hybridized carbons (Fsp3) is 0.818. The monoisotopic (exact) mass is 226 g/mol. The fourth-order valence-electron chi connectivity index (χ4n) is 1.85. The molecule has 1 atom stereocenters. The molecule has 0 fully saturated rings. The van der Waals surface area contributed by atoms with Crippen molar-refractivity contribution in [2.24, 2.45) is 5.73 Å². The maximum Gasteiger partial charge on any atom is 0.138 e. The molecule has 3 N–H and O–H groups in total. The van der Waals surface area contributed by atoms with Crippen molar-refractivity contribution in [1.82, 2.24) is 14.8 Å². The lowest BCUT2D eigenvalue weighted by molar-refractivity contribution is 0.0366. The molecule has 1 aromatic rings. The average molecular weight is 226 g/mol. The van der Waals surface area contributed by atoms with Crippen LogP contribution in [0.3, 0.4) is 0 Å². The van der Waals surface area contributed by atoms with Crippen LogP contribution in [-0.4, -0.2) is 32.0 Å². The van der Waals surface area contributed by atoms with Crippen molar-refractivity contribution in [2.45, 2.75) is 51.7 Å². The molecule has 1 unspecified atom stereocenters. The Labute approximate surface area is 96.7 Å². The molecule has 1 heterocycles. The third-order valence-corrected chi connectivity index (χ3v) is 2.72. The summed E-state index contributed by atoms with van der Waals surface area (Å²) in [6, 6.07) is 0.251. The van der Waals surface area contributed by atoms with E-state index in [9.17, 15) is 5.11 Å². The van der Waals surface area contributed by atoms with Gasteiger partial charge in [-0.3, -0.25) is 0 Å². The molecular weight excluding hydrogens is 204 g/mol. The first-order chi connectivity index (χ1) is 7.52. The minimum atomic E-state index is -0.853. The van der Waals surface area contributed by atoms with Gasteiger partial charge < -0.3 is 10.8 Å². The molecule has 5 nitrogen and oxygen atoms in total. The predicted molar refractivity (Wildman–Crippen MR) is 63.0 cm³/mol. The quantitative estimate of drug-likeness (QED) is 0.755. The highest BCUT2D eigenvalue weighted by molar-refractivity contribution is 4.96. The molecule has 1 rings (SSSR count). The fourth-order valence-corrected chi connectivity index (χ4v) is 1.85. The Morgan fingerprint density at radius 3 is 2.75 bits per heavy atom. The van der Waals surface area contributed by atoms with E-state index in [0.29, 0.717) is 12.8 Å². The molecule has 0 aliphatic rings. The molecular formula is C11H22N4O. The van der Waals surface area contributed by atoms with E-state index in [-0.39, 0.29) is 12.6 Å². The maximum atomic E-state index is 10.3. The van der Waals surface area contributed by atoms with Crippen LogP contribution in [0.15, 0.2) is 6.33 Å². The van der Waals surface area contributed by atoms with Crippen LogP contribution in [0.5, 0.6) is 0 Å². The Kier molecular flexibility index (Phi) is 4.44. The van der Waals surface area contributed by atoms with Gasteiger partial charge in [-0.05, 0) is 20.3 Å². The molecule has 0 aromatic carbocycles. The zero-order valence-corrected chi connectivity index (χ0v) is 10.3. The molecule has 0 amide bonds. The Balaban J connectivity index is 2.81. The Morgan fingerprint density at radius 2 is 2.25 bits per heavy atom. The molecule has 0 spiro atoms. The van der Waals surface area contributed by atoms with E-state index in [0.717, 1.165) is 12.2 Å². The summed E-state index contributed by atoms with van der Waals surface area (Å²) in [5.41, 5.74) is 4.78. The van der Waals surface area contributed by atoms with E-state index in [1.54, 1.807) is 0 Å². The van der Waals surface area contributed by atoms with Crippen molar-refractivity contribution >= 4 is 0 Å². The van der Waals surface area contributed by atoms with Gasteiger partial charge in [-0.1, -0.05) is 13.3 Å². The topological polar surface area (TPSA) is 77.0 Å². The molecule has 0 aliphatic carbocycles. The van der Waals surface area contributed by atoms with Crippen molar-refractivity contribution in [3.63, 3.8) is 0 Å². The number of nitrogens with zero attached hydrogens (tertiary/aromatic N) is 3. The summed E-state index contributed by atoms with van der Waals surface area (Å²) in [7, 11) is 0. The summed E-state index contributed by atoms with van der Waals surface area (Å²) >= 11 is 0. The summed E-state index contributed by atoms with van der Waals surface area (Å²) in [5, 5.41) is 14.4. The first-order valence-corrected chi connectivity index (χ1v) is 5.83. The van der Waals surface area contributed by atoms with Crippen molar-refractivity contribution in [3.8, 4) is 0 Å². The van der Waals surface area contributed by atoms with Crippen LogP contribution in [-0.2, 0) is 6.42 Å². The van der Waals surface area contributed by atoms with E-state index < -0.39 is 5.60 Å². The summed E-state index contributed by atoms with van der Waals surface area (Å²) < 4.78 is 1.83. The number of hydrogen-bond acceptors (Lipinski definition) is 4. The second-order valence-corrected chi connectivity index (χ2v) is 4.57. The molecule has 5 heteroatoms. The van der Waals surface area contributed by atoms with Crippen LogP contribution < -0.4 is 5.73 Å². The third-order valence-electron chi connectivity index (χ3n) is 2.72. The van der Waals surface area contributed by atoms with Gasteiger partial charge in [-0.25, -0.2) is 9.67 Å². The highest BCUT2D eigenvalue weighted by Crippen LogP contribution is 2.18. The second-order valence-electron chi connectivity index (χ2n) is 4.57. The highest BCUT2D eigenvalue weighted by atomic mass is 16.3. The second kappa shape index (κ2) is 5.41. The summed E-state index contributed by atoms with van der Waals surface area (Å²) in [6.07, 6.45) is 3.59. The van der Waals surface area contributed by atoms with E-state index >= 15 is 0 Å². The number of aromatic nitrogens is 3. The summed E-state index contributed by atoms with van der Waals surface area (Å²) in [6.45, 7) is 6.37. The lowest BCUT2D eigenvalue weighted by Crippen LogP contribution is -2.40. The van der Waals surface area contributed by atoms with Gasteiger partial charge >= 0.3 is 0 Å². The van der Waals surface area contributed by atoms with Gasteiger partial charge in [0.15, 0.2) is 0 Å². The minimum Gasteiger partial charge on any atom is -0.388 e. The van der Waals surface area contributed by atoms with Crippen molar-refractivity contribution < 1.29 is 5.11 Å². The van der Waals surface area contributed by atoms with Crippen molar-refractivity contribution in [1.29, 1.82) is 0 Å². The predicted octanol–water partition coefficient (Wildman–Crippen LogP) is 0.891. The average Bonchev–Trinajstić information content (AvgIpc) is 2.66. The Morgan fingerprint density at radius 1 is 1.56 bits per heavy atom. The smallest absolute Gasteiger partial charge is 0.138 e. The van der Waals surface area contributed by atoms with Crippen molar-refractivity contribution in [2.75, 3.05) is 6.54 Å².